The van der Waals surface area contributed by atoms with Crippen molar-refractivity contribution < 1.29 is 14.3 Å². The number of carbonyl (C=O) groups excluding carboxylic acids is 1. The Kier molecular flexibility index (Phi) is 4.33. The second-order valence-corrected chi connectivity index (χ2v) is 5.39. The Hall–Kier alpha value is -0.610. The fourth-order valence-electron chi connectivity index (χ4n) is 1.73. The molecule has 0 aromatic carbocycles. The minimum atomic E-state index is -0.426. The van der Waals surface area contributed by atoms with Crippen molar-refractivity contribution in [3.8, 4) is 0 Å². The summed E-state index contributed by atoms with van der Waals surface area (Å²) in [7, 11) is 0. The Morgan fingerprint density at radius 1 is 1.50 bits per heavy atom. The van der Waals surface area contributed by atoms with Crippen LogP contribution in [0.4, 0.5) is 0 Å². The van der Waals surface area contributed by atoms with Gasteiger partial charge in [-0.25, -0.2) is 0 Å². The van der Waals surface area contributed by atoms with Crippen molar-refractivity contribution in [3.05, 3.63) is 0 Å². The van der Waals surface area contributed by atoms with Crippen LogP contribution in [0.1, 0.15) is 41.0 Å². The lowest BCUT2D eigenvalue weighted by Gasteiger charge is -2.25. The first-order valence-electron chi connectivity index (χ1n) is 5.90. The zero-order chi connectivity index (χ0) is 12.3. The van der Waals surface area contributed by atoms with Crippen LogP contribution in [-0.2, 0) is 14.3 Å². The highest BCUT2D eigenvalue weighted by atomic mass is 16.6. The molecule has 1 aliphatic heterocycles. The highest BCUT2D eigenvalue weighted by Gasteiger charge is 2.29. The fraction of sp³-hybridized carbons (Fsp3) is 0.917. The summed E-state index contributed by atoms with van der Waals surface area (Å²) >= 11 is 0. The van der Waals surface area contributed by atoms with E-state index in [1.54, 1.807) is 0 Å². The van der Waals surface area contributed by atoms with E-state index in [1.807, 2.05) is 34.6 Å². The van der Waals surface area contributed by atoms with Gasteiger partial charge in [0.1, 0.15) is 11.6 Å². The van der Waals surface area contributed by atoms with Gasteiger partial charge in [-0.3, -0.25) is 10.1 Å². The molecule has 0 aromatic heterocycles. The molecule has 0 bridgehead atoms. The van der Waals surface area contributed by atoms with Crippen LogP contribution in [0.25, 0.3) is 0 Å². The van der Waals surface area contributed by atoms with Crippen molar-refractivity contribution in [2.75, 3.05) is 6.61 Å². The predicted octanol–water partition coefficient (Wildman–Crippen LogP) is 1.48. The highest BCUT2D eigenvalue weighted by molar-refractivity contribution is 5.75. The van der Waals surface area contributed by atoms with Crippen molar-refractivity contribution in [1.82, 2.24) is 5.32 Å². The third-order valence-electron chi connectivity index (χ3n) is 2.60. The van der Waals surface area contributed by atoms with Crippen LogP contribution in [0.3, 0.4) is 0 Å². The number of nitrogens with one attached hydrogen (secondary N) is 1. The van der Waals surface area contributed by atoms with Gasteiger partial charge >= 0.3 is 5.97 Å². The average molecular weight is 229 g/mol. The Morgan fingerprint density at radius 3 is 2.56 bits per heavy atom. The molecule has 94 valence electrons. The zero-order valence-electron chi connectivity index (χ0n) is 10.9. The van der Waals surface area contributed by atoms with Gasteiger partial charge in [0, 0.05) is 12.6 Å². The van der Waals surface area contributed by atoms with Gasteiger partial charge in [-0.05, 0) is 41.0 Å². The Balaban J connectivity index is 2.39. The summed E-state index contributed by atoms with van der Waals surface area (Å²) in [5.41, 5.74) is -0.426. The largest absolute Gasteiger partial charge is 0.459 e. The molecular formula is C12H23NO3. The Bertz CT molecular complexity index is 247. The molecule has 16 heavy (non-hydrogen) atoms. The first kappa shape index (κ1) is 13.5. The van der Waals surface area contributed by atoms with Gasteiger partial charge in [-0.2, -0.15) is 0 Å². The molecule has 2 unspecified atom stereocenters. The minimum absolute atomic E-state index is 0.171. The summed E-state index contributed by atoms with van der Waals surface area (Å²) in [4.78, 5) is 11.7. The first-order chi connectivity index (χ1) is 7.29. The standard InChI is InChI=1S/C12H23NO3/c1-8(11(14)16-12(3,4)5)13-10-6-7-15-9(10)2/h8-10,13H,6-7H2,1-5H3/t8-,9?,10?/m0/s1. The van der Waals surface area contributed by atoms with Crippen LogP contribution >= 0.6 is 0 Å². The lowest BCUT2D eigenvalue weighted by atomic mass is 10.1. The van der Waals surface area contributed by atoms with Gasteiger partial charge in [-0.15, -0.1) is 0 Å². The van der Waals surface area contributed by atoms with E-state index in [0.717, 1.165) is 13.0 Å². The fourth-order valence-corrected chi connectivity index (χ4v) is 1.73. The summed E-state index contributed by atoms with van der Waals surface area (Å²) < 4.78 is 10.7. The zero-order valence-corrected chi connectivity index (χ0v) is 10.9. The maximum atomic E-state index is 11.7. The molecule has 3 atom stereocenters. The monoisotopic (exact) mass is 229 g/mol. The SMILES string of the molecule is CC1OCCC1N[C@@H](C)C(=O)OC(C)(C)C. The van der Waals surface area contributed by atoms with E-state index in [2.05, 4.69) is 5.32 Å². The number of rotatable bonds is 3. The Labute approximate surface area is 97.7 Å². The topological polar surface area (TPSA) is 47.6 Å². The molecule has 0 amide bonds. The van der Waals surface area contributed by atoms with E-state index >= 15 is 0 Å². The van der Waals surface area contributed by atoms with Crippen LogP contribution in [0.2, 0.25) is 0 Å². The van der Waals surface area contributed by atoms with Gasteiger partial charge < -0.3 is 9.47 Å². The van der Waals surface area contributed by atoms with Crippen molar-refractivity contribution in [2.24, 2.45) is 0 Å². The summed E-state index contributed by atoms with van der Waals surface area (Å²) in [5, 5.41) is 3.25. The first-order valence-corrected chi connectivity index (χ1v) is 5.90. The molecule has 1 fully saturated rings. The summed E-state index contributed by atoms with van der Waals surface area (Å²) in [6.07, 6.45) is 1.12. The molecule has 0 aromatic rings. The van der Waals surface area contributed by atoms with Crippen molar-refractivity contribution in [3.63, 3.8) is 0 Å². The molecule has 4 heteroatoms. The summed E-state index contributed by atoms with van der Waals surface area (Å²) in [6.45, 7) is 10.2. The van der Waals surface area contributed by atoms with Gasteiger partial charge in [0.25, 0.3) is 0 Å². The van der Waals surface area contributed by atoms with Crippen LogP contribution in [0, 0.1) is 0 Å². The lowest BCUT2D eigenvalue weighted by molar-refractivity contribution is -0.157. The van der Waals surface area contributed by atoms with E-state index in [9.17, 15) is 4.79 Å². The maximum Gasteiger partial charge on any atom is 0.323 e. The van der Waals surface area contributed by atoms with Gasteiger partial charge in [0.15, 0.2) is 0 Å². The molecule has 0 spiro atoms. The van der Waals surface area contributed by atoms with Crippen molar-refractivity contribution >= 4 is 5.97 Å². The number of hydrogen-bond donors (Lipinski definition) is 1. The normalized spacial score (nSPS) is 27.8. The summed E-state index contributed by atoms with van der Waals surface area (Å²) in [5.74, 6) is -0.202. The maximum absolute atomic E-state index is 11.7. The molecule has 0 aliphatic carbocycles. The van der Waals surface area contributed by atoms with E-state index in [4.69, 9.17) is 9.47 Å². The van der Waals surface area contributed by atoms with Crippen LogP contribution < -0.4 is 5.32 Å². The van der Waals surface area contributed by atoms with Gasteiger partial charge in [0.05, 0.1) is 6.10 Å². The molecule has 1 aliphatic rings. The van der Waals surface area contributed by atoms with Crippen molar-refractivity contribution in [2.45, 2.75) is 64.8 Å². The molecule has 4 nitrogen and oxygen atoms in total. The van der Waals surface area contributed by atoms with Crippen LogP contribution in [-0.4, -0.2) is 36.4 Å². The summed E-state index contributed by atoms with van der Waals surface area (Å²) in [6, 6.07) is -0.0316. The predicted molar refractivity (Wildman–Crippen MR) is 62.3 cm³/mol. The second kappa shape index (κ2) is 5.15. The number of esters is 1. The molecule has 0 saturated carbocycles. The number of ether oxygens (including phenoxy) is 2. The molecule has 1 heterocycles. The molecular weight excluding hydrogens is 206 g/mol. The lowest BCUT2D eigenvalue weighted by Crippen LogP contribution is -2.46. The van der Waals surface area contributed by atoms with Gasteiger partial charge in [0.2, 0.25) is 0 Å². The van der Waals surface area contributed by atoms with Gasteiger partial charge in [-0.1, -0.05) is 0 Å². The Morgan fingerprint density at radius 2 is 2.12 bits per heavy atom. The minimum Gasteiger partial charge on any atom is -0.459 e. The van der Waals surface area contributed by atoms with E-state index < -0.39 is 5.60 Å². The van der Waals surface area contributed by atoms with Crippen LogP contribution in [0.15, 0.2) is 0 Å². The van der Waals surface area contributed by atoms with E-state index in [1.165, 1.54) is 0 Å². The average Bonchev–Trinajstić information content (AvgIpc) is 2.49. The smallest absolute Gasteiger partial charge is 0.323 e. The highest BCUT2D eigenvalue weighted by Crippen LogP contribution is 2.14. The van der Waals surface area contributed by atoms with E-state index in [-0.39, 0.29) is 24.2 Å². The van der Waals surface area contributed by atoms with Crippen molar-refractivity contribution in [1.29, 1.82) is 0 Å². The third kappa shape index (κ3) is 4.10. The number of carbonyl (C=O) groups is 1. The third-order valence-corrected chi connectivity index (χ3v) is 2.60. The van der Waals surface area contributed by atoms with E-state index in [0.29, 0.717) is 0 Å². The molecule has 1 saturated heterocycles. The van der Waals surface area contributed by atoms with Crippen LogP contribution in [0.5, 0.6) is 0 Å². The quantitative estimate of drug-likeness (QED) is 0.745. The number of hydrogen-bond acceptors (Lipinski definition) is 4. The molecule has 0 radical (unpaired) electrons. The second-order valence-electron chi connectivity index (χ2n) is 5.39. The molecule has 1 N–H and O–H groups in total. The molecule has 1 rings (SSSR count).